The van der Waals surface area contributed by atoms with Crippen LogP contribution < -0.4 is 10.4 Å². The number of anilines is 3. The van der Waals surface area contributed by atoms with Gasteiger partial charge >= 0.3 is 0 Å². The minimum absolute atomic E-state index is 1.15. The van der Waals surface area contributed by atoms with Crippen LogP contribution in [0.5, 0.6) is 0 Å². The van der Waals surface area contributed by atoms with E-state index in [2.05, 4.69) is 59.8 Å². The number of aryl methyl sites for hydroxylation is 1. The van der Waals surface area contributed by atoms with Crippen molar-refractivity contribution in [3.8, 4) is 0 Å². The SMILES string of the molecule is Cc1ccc2c(c1)NN(C)N2c1ccccc1. The maximum Gasteiger partial charge on any atom is 0.0843 e. The highest BCUT2D eigenvalue weighted by atomic mass is 15.8. The Labute approximate surface area is 101 Å². The van der Waals surface area contributed by atoms with Gasteiger partial charge in [-0.15, -0.1) is 5.12 Å². The van der Waals surface area contributed by atoms with Crippen LogP contribution >= 0.6 is 0 Å². The standard InChI is InChI=1S/C14H15N3/c1-11-8-9-14-13(10-11)15-16(2)17(14)12-6-4-3-5-7-12/h3-10,15H,1-2H3. The molecule has 1 aliphatic heterocycles. The number of hydrogen-bond donors (Lipinski definition) is 1. The first-order valence-corrected chi connectivity index (χ1v) is 5.72. The van der Waals surface area contributed by atoms with Crippen LogP contribution in [0.15, 0.2) is 48.5 Å². The lowest BCUT2D eigenvalue weighted by Crippen LogP contribution is -2.34. The number of hydrogen-bond acceptors (Lipinski definition) is 3. The smallest absolute Gasteiger partial charge is 0.0843 e. The van der Waals surface area contributed by atoms with Crippen LogP contribution in [-0.2, 0) is 0 Å². The van der Waals surface area contributed by atoms with Crippen molar-refractivity contribution in [3.05, 3.63) is 54.1 Å². The topological polar surface area (TPSA) is 18.5 Å². The molecule has 0 saturated carbocycles. The predicted molar refractivity (Wildman–Crippen MR) is 71.1 cm³/mol. The number of nitrogens with zero attached hydrogens (tertiary/aromatic N) is 2. The Morgan fingerprint density at radius 2 is 1.76 bits per heavy atom. The van der Waals surface area contributed by atoms with Gasteiger partial charge in [0.1, 0.15) is 0 Å². The largest absolute Gasteiger partial charge is 0.299 e. The number of benzene rings is 2. The van der Waals surface area contributed by atoms with Crippen molar-refractivity contribution < 1.29 is 0 Å². The number of para-hydroxylation sites is 1. The Hall–Kier alpha value is -2.00. The van der Waals surface area contributed by atoms with Gasteiger partial charge in [-0.05, 0) is 36.8 Å². The molecule has 3 rings (SSSR count). The number of hydrazine groups is 2. The van der Waals surface area contributed by atoms with Gasteiger partial charge in [0.15, 0.2) is 0 Å². The highest BCUT2D eigenvalue weighted by Gasteiger charge is 2.24. The van der Waals surface area contributed by atoms with E-state index in [0.717, 1.165) is 11.4 Å². The van der Waals surface area contributed by atoms with Gasteiger partial charge in [-0.2, -0.15) is 0 Å². The highest BCUT2D eigenvalue weighted by Crippen LogP contribution is 2.38. The third-order valence-electron chi connectivity index (χ3n) is 2.96. The van der Waals surface area contributed by atoms with Crippen LogP contribution in [0.3, 0.4) is 0 Å². The van der Waals surface area contributed by atoms with Gasteiger partial charge in [0.05, 0.1) is 17.1 Å². The second-order valence-electron chi connectivity index (χ2n) is 4.30. The quantitative estimate of drug-likeness (QED) is 0.803. The average molecular weight is 225 g/mol. The van der Waals surface area contributed by atoms with Gasteiger partial charge in [0.2, 0.25) is 0 Å². The third kappa shape index (κ3) is 1.65. The summed E-state index contributed by atoms with van der Waals surface area (Å²) in [5, 5.41) is 4.16. The van der Waals surface area contributed by atoms with Crippen molar-refractivity contribution in [1.29, 1.82) is 0 Å². The molecule has 0 unspecified atom stereocenters. The van der Waals surface area contributed by atoms with E-state index in [1.807, 2.05) is 18.2 Å². The van der Waals surface area contributed by atoms with Crippen molar-refractivity contribution in [3.63, 3.8) is 0 Å². The summed E-state index contributed by atoms with van der Waals surface area (Å²) < 4.78 is 0. The summed E-state index contributed by atoms with van der Waals surface area (Å²) in [6, 6.07) is 16.8. The average Bonchev–Trinajstić information content (AvgIpc) is 2.65. The molecule has 0 aromatic heterocycles. The molecule has 0 spiro atoms. The van der Waals surface area contributed by atoms with Crippen molar-refractivity contribution in [1.82, 2.24) is 5.12 Å². The fraction of sp³-hybridized carbons (Fsp3) is 0.143. The van der Waals surface area contributed by atoms with E-state index in [4.69, 9.17) is 0 Å². The van der Waals surface area contributed by atoms with Crippen LogP contribution in [-0.4, -0.2) is 12.2 Å². The highest BCUT2D eigenvalue weighted by molar-refractivity contribution is 5.79. The Kier molecular flexibility index (Phi) is 2.27. The molecular weight excluding hydrogens is 210 g/mol. The van der Waals surface area contributed by atoms with Gasteiger partial charge < -0.3 is 0 Å². The number of nitrogens with one attached hydrogen (secondary N) is 1. The van der Waals surface area contributed by atoms with Crippen LogP contribution in [0.1, 0.15) is 5.56 Å². The summed E-state index contributed by atoms with van der Waals surface area (Å²) in [4.78, 5) is 0. The number of fused-ring (bicyclic) bond motifs is 1. The van der Waals surface area contributed by atoms with E-state index in [9.17, 15) is 0 Å². The first-order valence-electron chi connectivity index (χ1n) is 5.72. The zero-order valence-corrected chi connectivity index (χ0v) is 10.0. The van der Waals surface area contributed by atoms with E-state index < -0.39 is 0 Å². The Balaban J connectivity index is 2.09. The number of rotatable bonds is 1. The second-order valence-corrected chi connectivity index (χ2v) is 4.30. The molecule has 0 aliphatic carbocycles. The normalized spacial score (nSPS) is 14.6. The molecule has 3 heteroatoms. The van der Waals surface area contributed by atoms with Gasteiger partial charge in [0.25, 0.3) is 0 Å². The first kappa shape index (κ1) is 10.2. The van der Waals surface area contributed by atoms with Crippen LogP contribution in [0, 0.1) is 6.92 Å². The lowest BCUT2D eigenvalue weighted by atomic mass is 10.2. The zero-order valence-electron chi connectivity index (χ0n) is 10.0. The van der Waals surface area contributed by atoms with Crippen molar-refractivity contribution in [2.45, 2.75) is 6.92 Å². The fourth-order valence-corrected chi connectivity index (χ4v) is 2.19. The van der Waals surface area contributed by atoms with E-state index in [0.29, 0.717) is 0 Å². The van der Waals surface area contributed by atoms with E-state index >= 15 is 0 Å². The Morgan fingerprint density at radius 1 is 1.00 bits per heavy atom. The van der Waals surface area contributed by atoms with E-state index in [1.165, 1.54) is 11.3 Å². The van der Waals surface area contributed by atoms with E-state index in [-0.39, 0.29) is 0 Å². The summed E-state index contributed by atoms with van der Waals surface area (Å²) in [5.41, 5.74) is 8.10. The van der Waals surface area contributed by atoms with Crippen molar-refractivity contribution in [2.24, 2.45) is 0 Å². The minimum atomic E-state index is 1.15. The predicted octanol–water partition coefficient (Wildman–Crippen LogP) is 3.32. The molecular formula is C14H15N3. The maximum atomic E-state index is 3.35. The van der Waals surface area contributed by atoms with Crippen molar-refractivity contribution in [2.75, 3.05) is 17.5 Å². The molecule has 86 valence electrons. The van der Waals surface area contributed by atoms with E-state index in [1.54, 1.807) is 0 Å². The molecule has 0 amide bonds. The summed E-state index contributed by atoms with van der Waals surface area (Å²) in [6.45, 7) is 2.10. The molecule has 2 aromatic carbocycles. The Bertz CT molecular complexity index is 536. The van der Waals surface area contributed by atoms with Gasteiger partial charge in [-0.25, -0.2) is 0 Å². The molecule has 1 aliphatic rings. The maximum absolute atomic E-state index is 3.35. The van der Waals surface area contributed by atoms with Crippen LogP contribution in [0.4, 0.5) is 17.1 Å². The monoisotopic (exact) mass is 225 g/mol. The lowest BCUT2D eigenvalue weighted by molar-refractivity contribution is 0.433. The fourth-order valence-electron chi connectivity index (χ4n) is 2.19. The summed E-state index contributed by atoms with van der Waals surface area (Å²) in [7, 11) is 2.02. The van der Waals surface area contributed by atoms with Crippen molar-refractivity contribution >= 4 is 17.1 Å². The summed E-state index contributed by atoms with van der Waals surface area (Å²) in [6.07, 6.45) is 0. The molecule has 2 aromatic rings. The molecule has 17 heavy (non-hydrogen) atoms. The molecule has 0 fully saturated rings. The van der Waals surface area contributed by atoms with Gasteiger partial charge in [0, 0.05) is 7.05 Å². The lowest BCUT2D eigenvalue weighted by Gasteiger charge is -2.25. The molecule has 0 saturated heterocycles. The zero-order chi connectivity index (χ0) is 11.8. The van der Waals surface area contributed by atoms with Gasteiger partial charge in [-0.3, -0.25) is 10.4 Å². The Morgan fingerprint density at radius 3 is 2.53 bits per heavy atom. The molecule has 0 bridgehead atoms. The third-order valence-corrected chi connectivity index (χ3v) is 2.96. The molecule has 0 atom stereocenters. The molecule has 0 radical (unpaired) electrons. The van der Waals surface area contributed by atoms with Gasteiger partial charge in [-0.1, -0.05) is 24.3 Å². The molecule has 1 heterocycles. The minimum Gasteiger partial charge on any atom is -0.299 e. The first-order chi connectivity index (χ1) is 8.25. The molecule has 1 N–H and O–H groups in total. The second kappa shape index (κ2) is 3.79. The van der Waals surface area contributed by atoms with Crippen LogP contribution in [0.25, 0.3) is 0 Å². The van der Waals surface area contributed by atoms with Crippen LogP contribution in [0.2, 0.25) is 0 Å². The summed E-state index contributed by atoms with van der Waals surface area (Å²) >= 11 is 0. The summed E-state index contributed by atoms with van der Waals surface area (Å²) in [5.74, 6) is 0. The molecule has 3 nitrogen and oxygen atoms in total.